The van der Waals surface area contributed by atoms with Crippen LogP contribution in [0.15, 0.2) is 66.1 Å². The molecular weight excluding hydrogens is 284 g/mol. The number of benzene rings is 3. The van der Waals surface area contributed by atoms with Crippen LogP contribution in [0.5, 0.6) is 5.75 Å². The lowest BCUT2D eigenvalue weighted by Crippen LogP contribution is -2.09. The normalized spacial score (nSPS) is 11.7. The van der Waals surface area contributed by atoms with Gasteiger partial charge in [-0.3, -0.25) is 0 Å². The van der Waals surface area contributed by atoms with Crippen LogP contribution < -0.4 is 4.18 Å². The molecule has 0 bridgehead atoms. The van der Waals surface area contributed by atoms with Crippen LogP contribution in [-0.2, 0) is 10.1 Å². The van der Waals surface area contributed by atoms with Crippen molar-refractivity contribution in [3.63, 3.8) is 0 Å². The third-order valence-corrected chi connectivity index (χ3v) is 4.63. The Morgan fingerprint density at radius 1 is 0.905 bits per heavy atom. The molecule has 3 rings (SSSR count). The van der Waals surface area contributed by atoms with Crippen LogP contribution in [0.1, 0.15) is 6.92 Å². The van der Waals surface area contributed by atoms with Gasteiger partial charge in [0.05, 0.1) is 4.91 Å². The second kappa shape index (κ2) is 4.90. The quantitative estimate of drug-likeness (QED) is 0.536. The monoisotopic (exact) mass is 298 g/mol. The molecule has 0 unspecified atom stereocenters. The van der Waals surface area contributed by atoms with Gasteiger partial charge in [-0.05, 0) is 35.2 Å². The fraction of sp³-hybridized carbons (Fsp3) is 0.0588. The Morgan fingerprint density at radius 3 is 2.38 bits per heavy atom. The first-order chi connectivity index (χ1) is 9.99. The molecule has 0 aliphatic heterocycles. The molecule has 0 aliphatic rings. The van der Waals surface area contributed by atoms with E-state index in [1.807, 2.05) is 42.5 Å². The van der Waals surface area contributed by atoms with E-state index in [1.54, 1.807) is 12.1 Å². The molecule has 4 heteroatoms. The molecule has 3 aromatic rings. The Bertz CT molecular complexity index is 956. The Morgan fingerprint density at radius 2 is 1.62 bits per heavy atom. The Kier molecular flexibility index (Phi) is 3.18. The summed E-state index contributed by atoms with van der Waals surface area (Å²) >= 11 is 0. The number of rotatable bonds is 3. The standard InChI is InChI=1S/C17H14O3S/c1-12(2)21(18,19)20-17-9-5-8-15-14-7-4-3-6-13(14)10-11-16(15)17/h3-11H,1H2,2H3. The van der Waals surface area contributed by atoms with Gasteiger partial charge in [0.25, 0.3) is 0 Å². The number of hydrogen-bond acceptors (Lipinski definition) is 3. The van der Waals surface area contributed by atoms with E-state index in [4.69, 9.17) is 4.18 Å². The van der Waals surface area contributed by atoms with Crippen LogP contribution in [0.4, 0.5) is 0 Å². The topological polar surface area (TPSA) is 43.4 Å². The SMILES string of the molecule is C=C(C)S(=O)(=O)Oc1cccc2c1ccc1ccccc12. The van der Waals surface area contributed by atoms with Gasteiger partial charge in [0.15, 0.2) is 5.75 Å². The number of allylic oxidation sites excluding steroid dienone is 1. The molecule has 21 heavy (non-hydrogen) atoms. The summed E-state index contributed by atoms with van der Waals surface area (Å²) in [5.74, 6) is 0.321. The van der Waals surface area contributed by atoms with E-state index in [1.165, 1.54) is 6.92 Å². The summed E-state index contributed by atoms with van der Waals surface area (Å²) in [5, 5.41) is 3.89. The molecule has 0 aromatic heterocycles. The minimum absolute atomic E-state index is 0.0136. The van der Waals surface area contributed by atoms with Crippen molar-refractivity contribution in [3.8, 4) is 5.75 Å². The highest BCUT2D eigenvalue weighted by Gasteiger charge is 2.16. The molecule has 3 nitrogen and oxygen atoms in total. The van der Waals surface area contributed by atoms with Gasteiger partial charge in [-0.1, -0.05) is 49.0 Å². The average Bonchev–Trinajstić information content (AvgIpc) is 2.47. The largest absolute Gasteiger partial charge is 0.379 e. The third kappa shape index (κ3) is 2.38. The zero-order chi connectivity index (χ0) is 15.0. The Balaban J connectivity index is 2.26. The van der Waals surface area contributed by atoms with E-state index < -0.39 is 10.1 Å². The molecule has 0 heterocycles. The average molecular weight is 298 g/mol. The molecule has 106 valence electrons. The van der Waals surface area contributed by atoms with Crippen LogP contribution in [0.3, 0.4) is 0 Å². The Hall–Kier alpha value is -2.33. The minimum Gasteiger partial charge on any atom is -0.379 e. The van der Waals surface area contributed by atoms with Gasteiger partial charge in [-0.25, -0.2) is 0 Å². The van der Waals surface area contributed by atoms with Gasteiger partial charge in [0.2, 0.25) is 0 Å². The lowest BCUT2D eigenvalue weighted by Gasteiger charge is -2.10. The summed E-state index contributed by atoms with van der Waals surface area (Å²) in [6.45, 7) is 4.85. The predicted molar refractivity (Wildman–Crippen MR) is 85.8 cm³/mol. The fourth-order valence-corrected chi connectivity index (χ4v) is 2.80. The van der Waals surface area contributed by atoms with Crippen molar-refractivity contribution in [2.24, 2.45) is 0 Å². The van der Waals surface area contributed by atoms with Crippen molar-refractivity contribution in [3.05, 3.63) is 66.1 Å². The van der Waals surface area contributed by atoms with Gasteiger partial charge in [0, 0.05) is 5.39 Å². The van der Waals surface area contributed by atoms with Crippen LogP contribution in [0, 0.1) is 0 Å². The summed E-state index contributed by atoms with van der Waals surface area (Å²) in [6, 6.07) is 17.2. The van der Waals surface area contributed by atoms with Gasteiger partial charge >= 0.3 is 10.1 Å². The smallest absolute Gasteiger partial charge is 0.334 e. The summed E-state index contributed by atoms with van der Waals surface area (Å²) < 4.78 is 29.0. The highest BCUT2D eigenvalue weighted by molar-refractivity contribution is 7.91. The molecule has 0 atom stereocenters. The van der Waals surface area contributed by atoms with Crippen molar-refractivity contribution in [1.82, 2.24) is 0 Å². The molecule has 0 saturated heterocycles. The van der Waals surface area contributed by atoms with E-state index in [2.05, 4.69) is 6.58 Å². The fourth-order valence-electron chi connectivity index (χ4n) is 2.27. The lowest BCUT2D eigenvalue weighted by atomic mass is 10.0. The van der Waals surface area contributed by atoms with Crippen molar-refractivity contribution >= 4 is 31.7 Å². The number of fused-ring (bicyclic) bond motifs is 3. The summed E-state index contributed by atoms with van der Waals surface area (Å²) in [7, 11) is -3.79. The van der Waals surface area contributed by atoms with E-state index in [9.17, 15) is 8.42 Å². The van der Waals surface area contributed by atoms with Crippen LogP contribution in [0.2, 0.25) is 0 Å². The lowest BCUT2D eigenvalue weighted by molar-refractivity contribution is 0.496. The van der Waals surface area contributed by atoms with Gasteiger partial charge in [0.1, 0.15) is 0 Å². The van der Waals surface area contributed by atoms with Gasteiger partial charge in [-0.2, -0.15) is 8.42 Å². The van der Waals surface area contributed by atoms with Gasteiger partial charge < -0.3 is 4.18 Å². The van der Waals surface area contributed by atoms with Crippen molar-refractivity contribution in [2.75, 3.05) is 0 Å². The summed E-state index contributed by atoms with van der Waals surface area (Å²) in [6.07, 6.45) is 0. The zero-order valence-corrected chi connectivity index (χ0v) is 12.4. The first-order valence-corrected chi connectivity index (χ1v) is 7.90. The molecule has 0 amide bonds. The van der Waals surface area contributed by atoms with Crippen LogP contribution >= 0.6 is 0 Å². The molecule has 0 N–H and O–H groups in total. The van der Waals surface area contributed by atoms with E-state index >= 15 is 0 Å². The molecule has 0 aliphatic carbocycles. The van der Waals surface area contributed by atoms with Crippen molar-refractivity contribution in [1.29, 1.82) is 0 Å². The van der Waals surface area contributed by atoms with E-state index in [0.717, 1.165) is 21.5 Å². The predicted octanol–water partition coefficient (Wildman–Crippen LogP) is 4.24. The van der Waals surface area contributed by atoms with Crippen LogP contribution in [0.25, 0.3) is 21.5 Å². The minimum atomic E-state index is -3.79. The molecule has 0 fully saturated rings. The first-order valence-electron chi connectivity index (χ1n) is 6.49. The molecule has 3 aromatic carbocycles. The molecule has 0 saturated carbocycles. The summed E-state index contributed by atoms with van der Waals surface area (Å²) in [4.78, 5) is -0.0136. The molecular formula is C17H14O3S. The zero-order valence-electron chi connectivity index (χ0n) is 11.5. The van der Waals surface area contributed by atoms with Crippen molar-refractivity contribution in [2.45, 2.75) is 6.92 Å². The van der Waals surface area contributed by atoms with E-state index in [0.29, 0.717) is 5.75 Å². The summed E-state index contributed by atoms with van der Waals surface area (Å²) in [5.41, 5.74) is 0. The molecule has 0 radical (unpaired) electrons. The van der Waals surface area contributed by atoms with Gasteiger partial charge in [-0.15, -0.1) is 0 Å². The van der Waals surface area contributed by atoms with Crippen LogP contribution in [-0.4, -0.2) is 8.42 Å². The second-order valence-electron chi connectivity index (χ2n) is 4.88. The maximum absolute atomic E-state index is 11.9. The second-order valence-corrected chi connectivity index (χ2v) is 6.65. The number of hydrogen-bond donors (Lipinski definition) is 0. The third-order valence-electron chi connectivity index (χ3n) is 3.37. The maximum Gasteiger partial charge on any atom is 0.334 e. The van der Waals surface area contributed by atoms with E-state index in [-0.39, 0.29) is 4.91 Å². The highest BCUT2D eigenvalue weighted by Crippen LogP contribution is 2.32. The maximum atomic E-state index is 11.9. The first kappa shape index (κ1) is 13.6. The molecule has 0 spiro atoms. The Labute approximate surface area is 123 Å². The highest BCUT2D eigenvalue weighted by atomic mass is 32.2. The van der Waals surface area contributed by atoms with Crippen molar-refractivity contribution < 1.29 is 12.6 Å².